The summed E-state index contributed by atoms with van der Waals surface area (Å²) in [4.78, 5) is 0. The first-order chi connectivity index (χ1) is 15.1. The van der Waals surface area contributed by atoms with E-state index in [2.05, 4.69) is 66.7 Å². The van der Waals surface area contributed by atoms with Gasteiger partial charge in [-0.25, -0.2) is 0 Å². The Hall–Kier alpha value is -0.780. The van der Waals surface area contributed by atoms with Gasteiger partial charge >= 0.3 is 0 Å². The largest absolute Gasteiger partial charge is 0.0654 e. The number of hydrogen-bond donors (Lipinski definition) is 0. The average Bonchev–Trinajstić information content (AvgIpc) is 2.72. The molecule has 0 amide bonds. The molecule has 0 nitrogen and oxygen atoms in total. The topological polar surface area (TPSA) is 0 Å². The fourth-order valence-electron chi connectivity index (χ4n) is 4.58. The zero-order valence-corrected chi connectivity index (χ0v) is 23.3. The van der Waals surface area contributed by atoms with Gasteiger partial charge in [-0.3, -0.25) is 0 Å². The lowest BCUT2D eigenvalue weighted by molar-refractivity contribution is 0.529. The summed E-state index contributed by atoms with van der Waals surface area (Å²) in [6.45, 7) is 16.3. The molecular weight excluding hydrogens is 384 g/mol. The summed E-state index contributed by atoms with van der Waals surface area (Å²) < 4.78 is 0. The van der Waals surface area contributed by atoms with Crippen molar-refractivity contribution in [3.05, 3.63) is 34.9 Å². The Morgan fingerprint density at radius 2 is 0.750 bits per heavy atom. The van der Waals surface area contributed by atoms with E-state index < -0.39 is 0 Å². The predicted octanol–water partition coefficient (Wildman–Crippen LogP) is 11.1. The molecule has 186 valence electrons. The van der Waals surface area contributed by atoms with E-state index in [1.807, 2.05) is 0 Å². The fraction of sp³-hybridized carbons (Fsp3) is 0.812. The van der Waals surface area contributed by atoms with E-state index in [1.54, 1.807) is 5.56 Å². The fourth-order valence-corrected chi connectivity index (χ4v) is 4.58. The van der Waals surface area contributed by atoms with Crippen LogP contribution in [0.4, 0.5) is 0 Å². The Morgan fingerprint density at radius 3 is 1.06 bits per heavy atom. The highest BCUT2D eigenvalue weighted by Gasteiger charge is 2.20. The van der Waals surface area contributed by atoms with Crippen LogP contribution in [0, 0.1) is 0 Å². The van der Waals surface area contributed by atoms with Crippen molar-refractivity contribution in [1.82, 2.24) is 0 Å². The van der Waals surface area contributed by atoms with E-state index in [4.69, 9.17) is 0 Å². The molecule has 0 heterocycles. The zero-order chi connectivity index (χ0) is 23.9. The molecule has 1 aromatic carbocycles. The third kappa shape index (κ3) is 13.7. The van der Waals surface area contributed by atoms with Crippen LogP contribution in [0.15, 0.2) is 18.2 Å². The molecule has 0 radical (unpaired) electrons. The highest BCUT2D eigenvalue weighted by molar-refractivity contribution is 5.37. The first-order valence-corrected chi connectivity index (χ1v) is 14.3. The smallest absolute Gasteiger partial charge is 0.0132 e. The van der Waals surface area contributed by atoms with Crippen LogP contribution >= 0.6 is 0 Å². The lowest BCUT2D eigenvalue weighted by atomic mass is 9.79. The summed E-state index contributed by atoms with van der Waals surface area (Å²) >= 11 is 0. The number of rotatable bonds is 17. The standard InChI is InChI=1S/C32H58/c1-8-9-10-11-12-13-14-15-16-17-18-19-20-21-22-23-24-28-25-29(31(2,3)4)27-30(26-28)32(5,6)7/h25-27H,8-24H2,1-7H3. The van der Waals surface area contributed by atoms with Crippen molar-refractivity contribution in [2.75, 3.05) is 0 Å². The first-order valence-electron chi connectivity index (χ1n) is 14.3. The maximum atomic E-state index is 2.47. The molecule has 32 heavy (non-hydrogen) atoms. The molecule has 0 aliphatic heterocycles. The Balaban J connectivity index is 2.11. The molecule has 0 aliphatic carbocycles. The summed E-state index contributed by atoms with van der Waals surface area (Å²) in [6, 6.07) is 7.39. The maximum absolute atomic E-state index is 2.47. The van der Waals surface area contributed by atoms with Crippen LogP contribution in [0.1, 0.15) is 168 Å². The first kappa shape index (κ1) is 29.3. The van der Waals surface area contributed by atoms with E-state index in [9.17, 15) is 0 Å². The maximum Gasteiger partial charge on any atom is -0.0132 e. The molecular formula is C32H58. The van der Waals surface area contributed by atoms with Gasteiger partial charge in [0, 0.05) is 0 Å². The van der Waals surface area contributed by atoms with E-state index in [-0.39, 0.29) is 10.8 Å². The SMILES string of the molecule is CCCCCCCCCCCCCCCCCCc1cc(C(C)(C)C)cc(C(C)(C)C)c1. The monoisotopic (exact) mass is 442 g/mol. The molecule has 0 saturated carbocycles. The molecule has 1 rings (SSSR count). The van der Waals surface area contributed by atoms with Crippen LogP contribution in [0.25, 0.3) is 0 Å². The molecule has 0 fully saturated rings. The van der Waals surface area contributed by atoms with Crippen LogP contribution in [0.2, 0.25) is 0 Å². The lowest BCUT2D eigenvalue weighted by Gasteiger charge is -2.26. The third-order valence-corrected chi connectivity index (χ3v) is 7.04. The van der Waals surface area contributed by atoms with E-state index >= 15 is 0 Å². The molecule has 0 bridgehead atoms. The van der Waals surface area contributed by atoms with Crippen LogP contribution in [0.3, 0.4) is 0 Å². The van der Waals surface area contributed by atoms with Gasteiger partial charge in [0.15, 0.2) is 0 Å². The van der Waals surface area contributed by atoms with Gasteiger partial charge in [0.05, 0.1) is 0 Å². The van der Waals surface area contributed by atoms with Gasteiger partial charge in [-0.1, -0.05) is 163 Å². The molecule has 0 unspecified atom stereocenters. The minimum atomic E-state index is 0.227. The van der Waals surface area contributed by atoms with Crippen LogP contribution in [-0.2, 0) is 17.3 Å². The van der Waals surface area contributed by atoms with Crippen LogP contribution in [0.5, 0.6) is 0 Å². The Labute approximate surface area is 203 Å². The molecule has 0 heteroatoms. The highest BCUT2D eigenvalue weighted by atomic mass is 14.2. The van der Waals surface area contributed by atoms with Gasteiger partial charge in [0.25, 0.3) is 0 Å². The summed E-state index contributed by atoms with van der Waals surface area (Å²) in [7, 11) is 0. The van der Waals surface area contributed by atoms with Crippen molar-refractivity contribution in [2.24, 2.45) is 0 Å². The second-order valence-corrected chi connectivity index (χ2v) is 12.5. The molecule has 0 atom stereocenters. The second kappa shape index (κ2) is 16.0. The van der Waals surface area contributed by atoms with Crippen LogP contribution < -0.4 is 0 Å². The Morgan fingerprint density at radius 1 is 0.438 bits per heavy atom. The molecule has 0 N–H and O–H groups in total. The summed E-state index contributed by atoms with van der Waals surface area (Å²) in [6.07, 6.45) is 24.3. The van der Waals surface area contributed by atoms with Crippen molar-refractivity contribution in [1.29, 1.82) is 0 Å². The molecule has 0 saturated heterocycles. The van der Waals surface area contributed by atoms with Gasteiger partial charge in [-0.05, 0) is 40.4 Å². The van der Waals surface area contributed by atoms with Gasteiger partial charge in [0.1, 0.15) is 0 Å². The summed E-state index contributed by atoms with van der Waals surface area (Å²) in [5, 5.41) is 0. The van der Waals surface area contributed by atoms with Crippen molar-refractivity contribution in [3.63, 3.8) is 0 Å². The third-order valence-electron chi connectivity index (χ3n) is 7.04. The number of aryl methyl sites for hydroxylation is 1. The van der Waals surface area contributed by atoms with Gasteiger partial charge in [-0.2, -0.15) is 0 Å². The minimum Gasteiger partial charge on any atom is -0.0654 e. The average molecular weight is 443 g/mol. The molecule has 0 aliphatic rings. The molecule has 1 aromatic rings. The molecule has 0 spiro atoms. The summed E-state index contributed by atoms with van der Waals surface area (Å²) in [5.74, 6) is 0. The number of benzene rings is 1. The Bertz CT molecular complexity index is 549. The predicted molar refractivity (Wildman–Crippen MR) is 147 cm³/mol. The van der Waals surface area contributed by atoms with Crippen molar-refractivity contribution in [2.45, 2.75) is 168 Å². The van der Waals surface area contributed by atoms with Gasteiger partial charge in [0.2, 0.25) is 0 Å². The van der Waals surface area contributed by atoms with Crippen molar-refractivity contribution >= 4 is 0 Å². The molecule has 0 aromatic heterocycles. The van der Waals surface area contributed by atoms with Crippen molar-refractivity contribution < 1.29 is 0 Å². The number of hydrogen-bond acceptors (Lipinski definition) is 0. The van der Waals surface area contributed by atoms with E-state index in [0.717, 1.165) is 0 Å². The van der Waals surface area contributed by atoms with E-state index in [0.29, 0.717) is 0 Å². The quantitative estimate of drug-likeness (QED) is 0.210. The van der Waals surface area contributed by atoms with Crippen LogP contribution in [-0.4, -0.2) is 0 Å². The zero-order valence-electron chi connectivity index (χ0n) is 23.3. The van der Waals surface area contributed by atoms with Crippen molar-refractivity contribution in [3.8, 4) is 0 Å². The minimum absolute atomic E-state index is 0.227. The van der Waals surface area contributed by atoms with Gasteiger partial charge in [-0.15, -0.1) is 0 Å². The number of unbranched alkanes of at least 4 members (excludes halogenated alkanes) is 15. The highest BCUT2D eigenvalue weighted by Crippen LogP contribution is 2.31. The summed E-state index contributed by atoms with van der Waals surface area (Å²) in [5.41, 5.74) is 5.00. The normalized spacial score (nSPS) is 12.5. The Kier molecular flexibility index (Phi) is 14.6. The lowest BCUT2D eigenvalue weighted by Crippen LogP contribution is -2.17. The van der Waals surface area contributed by atoms with Gasteiger partial charge < -0.3 is 0 Å². The van der Waals surface area contributed by atoms with E-state index in [1.165, 1.54) is 120 Å². The second-order valence-electron chi connectivity index (χ2n) is 12.5.